The SMILES string of the molecule is CN/C(=C\[N+](=O)[O-])NCCSCc1csc(C=O)n1. The molecule has 0 aliphatic carbocycles. The van der Waals surface area contributed by atoms with E-state index < -0.39 is 4.92 Å². The predicted molar refractivity (Wildman–Crippen MR) is 75.8 cm³/mol. The molecule has 0 spiro atoms. The molecular formula is C10H14N4O3S2. The number of nitrogens with one attached hydrogen (secondary N) is 2. The van der Waals surface area contributed by atoms with Gasteiger partial charge in [0.15, 0.2) is 17.1 Å². The summed E-state index contributed by atoms with van der Waals surface area (Å²) in [6.45, 7) is 0.607. The normalized spacial score (nSPS) is 11.1. The van der Waals surface area contributed by atoms with E-state index in [2.05, 4.69) is 15.6 Å². The molecule has 1 heterocycles. The number of hydrogen-bond donors (Lipinski definition) is 2. The van der Waals surface area contributed by atoms with E-state index in [9.17, 15) is 14.9 Å². The predicted octanol–water partition coefficient (Wildman–Crippen LogP) is 1.07. The Labute approximate surface area is 118 Å². The Bertz CT molecular complexity index is 461. The third-order valence-corrected chi connectivity index (χ3v) is 3.80. The van der Waals surface area contributed by atoms with Gasteiger partial charge in [-0.1, -0.05) is 0 Å². The highest BCUT2D eigenvalue weighted by Crippen LogP contribution is 2.14. The van der Waals surface area contributed by atoms with E-state index in [1.54, 1.807) is 18.8 Å². The van der Waals surface area contributed by atoms with Gasteiger partial charge in [0.05, 0.1) is 10.6 Å². The Hall–Kier alpha value is -1.61. The maximum absolute atomic E-state index is 10.5. The van der Waals surface area contributed by atoms with Gasteiger partial charge < -0.3 is 10.6 Å². The van der Waals surface area contributed by atoms with Gasteiger partial charge in [0.1, 0.15) is 0 Å². The molecule has 0 aliphatic rings. The van der Waals surface area contributed by atoms with E-state index in [0.717, 1.165) is 29.7 Å². The highest BCUT2D eigenvalue weighted by atomic mass is 32.2. The Morgan fingerprint density at radius 3 is 3.05 bits per heavy atom. The fourth-order valence-corrected chi connectivity index (χ4v) is 2.65. The van der Waals surface area contributed by atoms with Crippen molar-refractivity contribution in [1.29, 1.82) is 0 Å². The Balaban J connectivity index is 2.20. The van der Waals surface area contributed by atoms with Crippen LogP contribution in [0, 0.1) is 10.1 Å². The summed E-state index contributed by atoms with van der Waals surface area (Å²) in [6, 6.07) is 0. The topological polar surface area (TPSA) is 97.2 Å². The van der Waals surface area contributed by atoms with Crippen molar-refractivity contribution in [3.8, 4) is 0 Å². The molecule has 0 aromatic carbocycles. The van der Waals surface area contributed by atoms with Gasteiger partial charge in [0.2, 0.25) is 0 Å². The van der Waals surface area contributed by atoms with Crippen LogP contribution in [0.25, 0.3) is 0 Å². The standard InChI is InChI=1S/C10H14N4O3S2/c1-11-9(4-14(16)17)12-2-3-18-6-8-7-19-10(5-15)13-8/h4-5,7,11-12H,2-3,6H2,1H3/b9-4+. The van der Waals surface area contributed by atoms with Crippen LogP contribution in [-0.4, -0.2) is 35.5 Å². The van der Waals surface area contributed by atoms with Crippen LogP contribution in [0.5, 0.6) is 0 Å². The fourth-order valence-electron chi connectivity index (χ4n) is 1.18. The van der Waals surface area contributed by atoms with Gasteiger partial charge >= 0.3 is 0 Å². The lowest BCUT2D eigenvalue weighted by Gasteiger charge is -2.06. The number of thiazole rings is 1. The monoisotopic (exact) mass is 302 g/mol. The van der Waals surface area contributed by atoms with Gasteiger partial charge in [0, 0.05) is 30.5 Å². The first-order valence-corrected chi connectivity index (χ1v) is 7.43. The van der Waals surface area contributed by atoms with Crippen LogP contribution in [0.15, 0.2) is 17.4 Å². The van der Waals surface area contributed by atoms with Crippen LogP contribution in [-0.2, 0) is 5.75 Å². The van der Waals surface area contributed by atoms with Gasteiger partial charge in [-0.25, -0.2) is 4.98 Å². The summed E-state index contributed by atoms with van der Waals surface area (Å²) < 4.78 is 0. The molecule has 1 aromatic rings. The van der Waals surface area contributed by atoms with E-state index in [-0.39, 0.29) is 0 Å². The number of carbonyl (C=O) groups excluding carboxylic acids is 1. The van der Waals surface area contributed by atoms with Crippen molar-refractivity contribution in [3.63, 3.8) is 0 Å². The van der Waals surface area contributed by atoms with Gasteiger partial charge in [-0.15, -0.1) is 11.3 Å². The molecule has 0 amide bonds. The summed E-state index contributed by atoms with van der Waals surface area (Å²) in [5, 5.41) is 18.2. The fraction of sp³-hybridized carbons (Fsp3) is 0.400. The molecule has 0 atom stereocenters. The quantitative estimate of drug-likeness (QED) is 0.305. The third-order valence-electron chi connectivity index (χ3n) is 1.99. The van der Waals surface area contributed by atoms with Gasteiger partial charge in [0.25, 0.3) is 6.20 Å². The minimum atomic E-state index is -0.512. The highest BCUT2D eigenvalue weighted by molar-refractivity contribution is 7.98. The molecule has 104 valence electrons. The maximum atomic E-state index is 10.5. The van der Waals surface area contributed by atoms with Crippen LogP contribution in [0.4, 0.5) is 0 Å². The summed E-state index contributed by atoms with van der Waals surface area (Å²) in [4.78, 5) is 24.3. The van der Waals surface area contributed by atoms with Gasteiger partial charge in [-0.05, 0) is 0 Å². The minimum Gasteiger partial charge on any atom is -0.370 e. The number of nitrogens with zero attached hydrogens (tertiary/aromatic N) is 2. The average Bonchev–Trinajstić information content (AvgIpc) is 2.84. The first kappa shape index (κ1) is 15.4. The molecule has 1 aromatic heterocycles. The van der Waals surface area contributed by atoms with Crippen LogP contribution >= 0.6 is 23.1 Å². The zero-order valence-corrected chi connectivity index (χ0v) is 11.9. The molecule has 9 heteroatoms. The summed E-state index contributed by atoms with van der Waals surface area (Å²) in [5.74, 6) is 1.88. The molecule has 0 fully saturated rings. The molecular weight excluding hydrogens is 288 g/mol. The summed E-state index contributed by atoms with van der Waals surface area (Å²) in [5.41, 5.74) is 0.881. The molecule has 0 unspecified atom stereocenters. The zero-order chi connectivity index (χ0) is 14.1. The number of nitro groups is 1. The van der Waals surface area contributed by atoms with Crippen LogP contribution < -0.4 is 10.6 Å². The van der Waals surface area contributed by atoms with E-state index in [0.29, 0.717) is 17.4 Å². The largest absolute Gasteiger partial charge is 0.370 e. The van der Waals surface area contributed by atoms with Crippen molar-refractivity contribution in [1.82, 2.24) is 15.6 Å². The van der Waals surface area contributed by atoms with Crippen molar-refractivity contribution >= 4 is 29.4 Å². The van der Waals surface area contributed by atoms with Crippen molar-refractivity contribution in [2.75, 3.05) is 19.3 Å². The van der Waals surface area contributed by atoms with Crippen LogP contribution in [0.1, 0.15) is 15.5 Å². The Morgan fingerprint density at radius 2 is 2.47 bits per heavy atom. The minimum absolute atomic E-state index is 0.377. The van der Waals surface area contributed by atoms with E-state index in [1.165, 1.54) is 11.3 Å². The van der Waals surface area contributed by atoms with Crippen molar-refractivity contribution in [3.05, 3.63) is 38.2 Å². The molecule has 19 heavy (non-hydrogen) atoms. The number of aromatic nitrogens is 1. The average molecular weight is 302 g/mol. The van der Waals surface area contributed by atoms with Crippen molar-refractivity contribution in [2.45, 2.75) is 5.75 Å². The summed E-state index contributed by atoms with van der Waals surface area (Å²) in [6.07, 6.45) is 1.63. The first-order valence-electron chi connectivity index (χ1n) is 5.40. The Kier molecular flexibility index (Phi) is 6.90. The van der Waals surface area contributed by atoms with Gasteiger partial charge in [-0.2, -0.15) is 11.8 Å². The number of rotatable bonds is 9. The summed E-state index contributed by atoms with van der Waals surface area (Å²) >= 11 is 2.97. The second kappa shape index (κ2) is 8.48. The number of thioether (sulfide) groups is 1. The third kappa shape index (κ3) is 6.20. The van der Waals surface area contributed by atoms with Gasteiger partial charge in [-0.3, -0.25) is 14.9 Å². The van der Waals surface area contributed by atoms with Crippen LogP contribution in [0.2, 0.25) is 0 Å². The number of carbonyl (C=O) groups is 1. The Morgan fingerprint density at radius 1 is 1.68 bits per heavy atom. The summed E-state index contributed by atoms with van der Waals surface area (Å²) in [7, 11) is 1.62. The molecule has 0 saturated heterocycles. The zero-order valence-electron chi connectivity index (χ0n) is 10.3. The lowest BCUT2D eigenvalue weighted by Crippen LogP contribution is -2.26. The lowest BCUT2D eigenvalue weighted by molar-refractivity contribution is -0.404. The molecule has 0 aliphatic heterocycles. The molecule has 0 saturated carbocycles. The number of hydrogen-bond acceptors (Lipinski definition) is 8. The smallest absolute Gasteiger partial charge is 0.274 e. The highest BCUT2D eigenvalue weighted by Gasteiger charge is 2.02. The van der Waals surface area contributed by atoms with Crippen molar-refractivity contribution < 1.29 is 9.72 Å². The molecule has 1 rings (SSSR count). The van der Waals surface area contributed by atoms with E-state index in [4.69, 9.17) is 0 Å². The van der Waals surface area contributed by atoms with E-state index >= 15 is 0 Å². The maximum Gasteiger partial charge on any atom is 0.274 e. The molecule has 7 nitrogen and oxygen atoms in total. The number of aldehydes is 1. The second-order valence-corrected chi connectivity index (χ2v) is 5.35. The molecule has 0 radical (unpaired) electrons. The molecule has 0 bridgehead atoms. The van der Waals surface area contributed by atoms with Crippen LogP contribution in [0.3, 0.4) is 0 Å². The lowest BCUT2D eigenvalue weighted by atomic mass is 10.6. The first-order chi connectivity index (χ1) is 9.15. The van der Waals surface area contributed by atoms with Crippen molar-refractivity contribution in [2.24, 2.45) is 0 Å². The second-order valence-electron chi connectivity index (χ2n) is 3.35. The molecule has 2 N–H and O–H groups in total. The van der Waals surface area contributed by atoms with E-state index in [1.807, 2.05) is 5.38 Å².